The van der Waals surface area contributed by atoms with E-state index in [0.717, 1.165) is 23.0 Å². The molecule has 0 radical (unpaired) electrons. The molecule has 1 aromatic heterocycles. The van der Waals surface area contributed by atoms with Crippen molar-refractivity contribution in [3.63, 3.8) is 0 Å². The molecule has 0 unspecified atom stereocenters. The molecule has 0 N–H and O–H groups in total. The molecule has 1 aromatic carbocycles. The Labute approximate surface area is 104 Å². The van der Waals surface area contributed by atoms with E-state index in [9.17, 15) is 0 Å². The molecule has 0 atom stereocenters. The molecule has 0 aliphatic rings. The predicted octanol–water partition coefficient (Wildman–Crippen LogP) is 4.42. The van der Waals surface area contributed by atoms with Crippen LogP contribution in [-0.2, 0) is 6.04 Å². The second-order valence-electron chi connectivity index (χ2n) is 4.81. The third-order valence-electron chi connectivity index (χ3n) is 4.11. The minimum atomic E-state index is -1.18. The van der Waals surface area contributed by atoms with E-state index in [0.29, 0.717) is 0 Å². The van der Waals surface area contributed by atoms with Crippen molar-refractivity contribution in [2.75, 3.05) is 0 Å². The van der Waals surface area contributed by atoms with Gasteiger partial charge in [0.25, 0.3) is 0 Å². The van der Waals surface area contributed by atoms with Crippen LogP contribution in [0.2, 0.25) is 18.1 Å². The van der Waals surface area contributed by atoms with Gasteiger partial charge in [0, 0.05) is 6.04 Å². The minimum Gasteiger partial charge on any atom is -0.441 e. The minimum absolute atomic E-state index is 0.925. The highest BCUT2D eigenvalue weighted by atomic mass is 28.3. The van der Waals surface area contributed by atoms with Gasteiger partial charge < -0.3 is 4.42 Å². The fourth-order valence-corrected chi connectivity index (χ4v) is 5.48. The Kier molecular flexibility index (Phi) is 3.67. The van der Waals surface area contributed by atoms with Gasteiger partial charge in [0.1, 0.15) is 5.52 Å². The SMILES string of the molecule is CC[Si](CC)(CC)Cc1nc2ccccc2o1. The monoisotopic (exact) mass is 247 g/mol. The van der Waals surface area contributed by atoms with E-state index < -0.39 is 8.07 Å². The van der Waals surface area contributed by atoms with Crippen LogP contribution in [0.1, 0.15) is 26.7 Å². The molecule has 2 aromatic rings. The van der Waals surface area contributed by atoms with E-state index in [4.69, 9.17) is 4.42 Å². The number of oxazole rings is 1. The molecule has 0 saturated heterocycles. The zero-order valence-electron chi connectivity index (χ0n) is 11.0. The Balaban J connectivity index is 2.28. The molecule has 0 aliphatic carbocycles. The lowest BCUT2D eigenvalue weighted by Crippen LogP contribution is -2.34. The third-order valence-corrected chi connectivity index (χ3v) is 9.67. The molecule has 92 valence electrons. The van der Waals surface area contributed by atoms with Crippen molar-refractivity contribution in [3.05, 3.63) is 30.2 Å². The molecule has 0 spiro atoms. The number of rotatable bonds is 5. The lowest BCUT2D eigenvalue weighted by atomic mass is 10.3. The fraction of sp³-hybridized carbons (Fsp3) is 0.500. The molecule has 0 fully saturated rings. The standard InChI is InChI=1S/C14H21NOSi/c1-4-17(5-2,6-3)11-14-15-12-9-7-8-10-13(12)16-14/h7-10H,4-6,11H2,1-3H3. The smallest absolute Gasteiger partial charge is 0.192 e. The molecule has 0 aliphatic heterocycles. The average Bonchev–Trinajstić information content (AvgIpc) is 2.78. The van der Waals surface area contributed by atoms with Crippen LogP contribution in [0.5, 0.6) is 0 Å². The Morgan fingerprint density at radius 1 is 1.06 bits per heavy atom. The van der Waals surface area contributed by atoms with Crippen molar-refractivity contribution < 1.29 is 4.42 Å². The van der Waals surface area contributed by atoms with Gasteiger partial charge in [-0.2, -0.15) is 0 Å². The maximum atomic E-state index is 5.85. The van der Waals surface area contributed by atoms with E-state index in [2.05, 4.69) is 25.8 Å². The summed E-state index contributed by atoms with van der Waals surface area (Å²) >= 11 is 0. The molecular formula is C14H21NOSi. The average molecular weight is 247 g/mol. The molecule has 17 heavy (non-hydrogen) atoms. The third kappa shape index (κ3) is 2.44. The maximum absolute atomic E-state index is 5.85. The Bertz CT molecular complexity index is 446. The van der Waals surface area contributed by atoms with Gasteiger partial charge in [-0.3, -0.25) is 0 Å². The molecule has 1 heterocycles. The van der Waals surface area contributed by atoms with Gasteiger partial charge in [-0.05, 0) is 12.1 Å². The van der Waals surface area contributed by atoms with Crippen molar-refractivity contribution in [2.24, 2.45) is 0 Å². The van der Waals surface area contributed by atoms with Gasteiger partial charge in [0.2, 0.25) is 0 Å². The topological polar surface area (TPSA) is 26.0 Å². The molecule has 2 rings (SSSR count). The summed E-state index contributed by atoms with van der Waals surface area (Å²) in [5.41, 5.74) is 1.92. The van der Waals surface area contributed by atoms with Crippen LogP contribution in [0.25, 0.3) is 11.1 Å². The van der Waals surface area contributed by atoms with Crippen LogP contribution in [0.4, 0.5) is 0 Å². The van der Waals surface area contributed by atoms with Gasteiger partial charge in [0.05, 0.1) is 8.07 Å². The van der Waals surface area contributed by atoms with Crippen LogP contribution in [0.3, 0.4) is 0 Å². The number of hydrogen-bond donors (Lipinski definition) is 0. The number of hydrogen-bond acceptors (Lipinski definition) is 2. The number of para-hydroxylation sites is 2. The summed E-state index contributed by atoms with van der Waals surface area (Å²) in [6.45, 7) is 6.96. The van der Waals surface area contributed by atoms with E-state index >= 15 is 0 Å². The van der Waals surface area contributed by atoms with Gasteiger partial charge in [-0.1, -0.05) is 51.0 Å². The first kappa shape index (κ1) is 12.4. The highest BCUT2D eigenvalue weighted by Crippen LogP contribution is 2.26. The van der Waals surface area contributed by atoms with E-state index in [1.54, 1.807) is 0 Å². The Morgan fingerprint density at radius 3 is 2.29 bits per heavy atom. The van der Waals surface area contributed by atoms with E-state index in [1.807, 2.05) is 24.3 Å². The fourth-order valence-electron chi connectivity index (χ4n) is 2.44. The van der Waals surface area contributed by atoms with Crippen molar-refractivity contribution in [2.45, 2.75) is 44.9 Å². The summed E-state index contributed by atoms with van der Waals surface area (Å²) in [6.07, 6.45) is 0. The van der Waals surface area contributed by atoms with Crippen LogP contribution in [0, 0.1) is 0 Å². The maximum Gasteiger partial charge on any atom is 0.192 e. The van der Waals surface area contributed by atoms with Crippen molar-refractivity contribution in [1.82, 2.24) is 4.98 Å². The first-order valence-corrected chi connectivity index (χ1v) is 9.40. The molecule has 2 nitrogen and oxygen atoms in total. The number of aromatic nitrogens is 1. The van der Waals surface area contributed by atoms with Crippen LogP contribution < -0.4 is 0 Å². The summed E-state index contributed by atoms with van der Waals surface area (Å²) < 4.78 is 5.85. The summed E-state index contributed by atoms with van der Waals surface area (Å²) in [4.78, 5) is 4.61. The molecule has 0 amide bonds. The van der Waals surface area contributed by atoms with Gasteiger partial charge >= 0.3 is 0 Å². The van der Waals surface area contributed by atoms with Crippen molar-refractivity contribution in [1.29, 1.82) is 0 Å². The van der Waals surface area contributed by atoms with Crippen LogP contribution in [0.15, 0.2) is 28.7 Å². The Hall–Kier alpha value is -1.09. The lowest BCUT2D eigenvalue weighted by molar-refractivity contribution is 0.550. The first-order chi connectivity index (χ1) is 8.23. The lowest BCUT2D eigenvalue weighted by Gasteiger charge is -2.26. The van der Waals surface area contributed by atoms with Gasteiger partial charge in [-0.25, -0.2) is 4.98 Å². The largest absolute Gasteiger partial charge is 0.441 e. The van der Waals surface area contributed by atoms with Gasteiger partial charge in [-0.15, -0.1) is 0 Å². The van der Waals surface area contributed by atoms with Crippen molar-refractivity contribution in [3.8, 4) is 0 Å². The van der Waals surface area contributed by atoms with Crippen LogP contribution >= 0.6 is 0 Å². The van der Waals surface area contributed by atoms with E-state index in [-0.39, 0.29) is 0 Å². The molecule has 0 bridgehead atoms. The molecular weight excluding hydrogens is 226 g/mol. The first-order valence-electron chi connectivity index (χ1n) is 6.57. The summed E-state index contributed by atoms with van der Waals surface area (Å²) in [7, 11) is -1.18. The van der Waals surface area contributed by atoms with Crippen LogP contribution in [-0.4, -0.2) is 13.1 Å². The second-order valence-corrected chi connectivity index (χ2v) is 10.3. The zero-order chi connectivity index (χ0) is 12.3. The highest BCUT2D eigenvalue weighted by molar-refractivity contribution is 6.79. The zero-order valence-corrected chi connectivity index (χ0v) is 12.0. The normalized spacial score (nSPS) is 12.2. The van der Waals surface area contributed by atoms with Crippen molar-refractivity contribution >= 4 is 19.2 Å². The summed E-state index contributed by atoms with van der Waals surface area (Å²) in [6, 6.07) is 13.1. The summed E-state index contributed by atoms with van der Waals surface area (Å²) in [5, 5.41) is 0. The van der Waals surface area contributed by atoms with E-state index in [1.165, 1.54) is 18.1 Å². The predicted molar refractivity (Wildman–Crippen MR) is 74.9 cm³/mol. The summed E-state index contributed by atoms with van der Waals surface area (Å²) in [5.74, 6) is 0.948. The van der Waals surface area contributed by atoms with Gasteiger partial charge in [0.15, 0.2) is 11.5 Å². The Morgan fingerprint density at radius 2 is 1.71 bits per heavy atom. The number of fused-ring (bicyclic) bond motifs is 1. The highest BCUT2D eigenvalue weighted by Gasteiger charge is 2.29. The molecule has 3 heteroatoms. The number of nitrogens with zero attached hydrogens (tertiary/aromatic N) is 1. The quantitative estimate of drug-likeness (QED) is 0.731. The number of benzene rings is 1. The molecule has 0 saturated carbocycles. The second kappa shape index (κ2) is 5.04.